The number of hydrogen-bond donors (Lipinski definition) is 2. The predicted molar refractivity (Wildman–Crippen MR) is 70.8 cm³/mol. The van der Waals surface area contributed by atoms with Gasteiger partial charge in [-0.2, -0.15) is 13.2 Å². The first kappa shape index (κ1) is 19.4. The molecule has 0 aromatic carbocycles. The molecule has 2 unspecified atom stereocenters. The molecule has 0 radical (unpaired) electrons. The van der Waals surface area contributed by atoms with Crippen molar-refractivity contribution >= 4 is 18.3 Å². The van der Waals surface area contributed by atoms with Gasteiger partial charge in [-0.1, -0.05) is 0 Å². The second-order valence-electron chi connectivity index (χ2n) is 4.63. The first-order valence-electron chi connectivity index (χ1n) is 6.16. The van der Waals surface area contributed by atoms with Gasteiger partial charge >= 0.3 is 6.18 Å². The van der Waals surface area contributed by atoms with E-state index in [9.17, 15) is 18.0 Å². The molecule has 1 heterocycles. The summed E-state index contributed by atoms with van der Waals surface area (Å²) in [5, 5.41) is 1.86. The Hall–Kier alpha value is -0.570. The Morgan fingerprint density at radius 3 is 2.65 bits per heavy atom. The SMILES string of the molecule is COC1CCN(CC(=O)NCC(F)(F)F)C(CN)C1.Cl. The van der Waals surface area contributed by atoms with Crippen LogP contribution in [0.1, 0.15) is 12.8 Å². The molecule has 0 bridgehead atoms. The summed E-state index contributed by atoms with van der Waals surface area (Å²) in [5.41, 5.74) is 5.62. The van der Waals surface area contributed by atoms with E-state index in [0.717, 1.165) is 6.42 Å². The first-order chi connectivity index (χ1) is 8.85. The number of nitrogens with zero attached hydrogens (tertiary/aromatic N) is 1. The van der Waals surface area contributed by atoms with Crippen LogP contribution in [0.4, 0.5) is 13.2 Å². The highest BCUT2D eigenvalue weighted by molar-refractivity contribution is 5.85. The van der Waals surface area contributed by atoms with Crippen LogP contribution in [-0.2, 0) is 9.53 Å². The van der Waals surface area contributed by atoms with Gasteiger partial charge < -0.3 is 15.8 Å². The molecule has 0 aromatic heterocycles. The number of piperidine rings is 1. The van der Waals surface area contributed by atoms with Gasteiger partial charge in [-0.3, -0.25) is 9.69 Å². The molecule has 1 amide bonds. The Morgan fingerprint density at radius 1 is 1.50 bits per heavy atom. The second kappa shape index (κ2) is 8.66. The number of ether oxygens (including phenoxy) is 1. The van der Waals surface area contributed by atoms with Crippen LogP contribution in [0.2, 0.25) is 0 Å². The van der Waals surface area contributed by atoms with Gasteiger partial charge in [0.25, 0.3) is 0 Å². The van der Waals surface area contributed by atoms with Gasteiger partial charge in [0, 0.05) is 26.2 Å². The molecular weight excluding hydrogens is 299 g/mol. The number of alkyl halides is 3. The Kier molecular flexibility index (Phi) is 8.41. The summed E-state index contributed by atoms with van der Waals surface area (Å²) in [4.78, 5) is 13.3. The van der Waals surface area contributed by atoms with Crippen LogP contribution in [0, 0.1) is 0 Å². The predicted octanol–water partition coefficient (Wildman–Crippen LogP) is 0.525. The van der Waals surface area contributed by atoms with Crippen molar-refractivity contribution in [3.8, 4) is 0 Å². The van der Waals surface area contributed by atoms with Crippen LogP contribution in [0.3, 0.4) is 0 Å². The van der Waals surface area contributed by atoms with Gasteiger partial charge in [0.1, 0.15) is 6.54 Å². The summed E-state index contributed by atoms with van der Waals surface area (Å²) in [7, 11) is 1.62. The third kappa shape index (κ3) is 6.74. The second-order valence-corrected chi connectivity index (χ2v) is 4.63. The summed E-state index contributed by atoms with van der Waals surface area (Å²) in [6.45, 7) is -0.408. The number of nitrogens with one attached hydrogen (secondary N) is 1. The van der Waals surface area contributed by atoms with Gasteiger partial charge in [0.05, 0.1) is 12.6 Å². The number of hydrogen-bond acceptors (Lipinski definition) is 4. The smallest absolute Gasteiger partial charge is 0.381 e. The number of rotatable bonds is 5. The molecule has 0 aromatic rings. The van der Waals surface area contributed by atoms with Gasteiger partial charge in [-0.25, -0.2) is 0 Å². The van der Waals surface area contributed by atoms with Crippen LogP contribution in [0.5, 0.6) is 0 Å². The molecule has 1 aliphatic rings. The van der Waals surface area contributed by atoms with Crippen molar-refractivity contribution in [1.82, 2.24) is 10.2 Å². The average Bonchev–Trinajstić information content (AvgIpc) is 2.36. The van der Waals surface area contributed by atoms with Crippen molar-refractivity contribution < 1.29 is 22.7 Å². The van der Waals surface area contributed by atoms with Crippen LogP contribution >= 0.6 is 12.4 Å². The monoisotopic (exact) mass is 319 g/mol. The maximum Gasteiger partial charge on any atom is 0.405 e. The Labute approximate surface area is 122 Å². The Bertz CT molecular complexity index is 305. The van der Waals surface area contributed by atoms with Crippen LogP contribution in [0.25, 0.3) is 0 Å². The maximum absolute atomic E-state index is 12.0. The minimum Gasteiger partial charge on any atom is -0.381 e. The zero-order valence-electron chi connectivity index (χ0n) is 11.3. The molecule has 1 aliphatic heterocycles. The summed E-state index contributed by atoms with van der Waals surface area (Å²) in [6, 6.07) is -0.0321. The van der Waals surface area contributed by atoms with E-state index < -0.39 is 18.6 Å². The minimum atomic E-state index is -4.38. The number of carbonyl (C=O) groups is 1. The quantitative estimate of drug-likeness (QED) is 0.775. The average molecular weight is 320 g/mol. The summed E-state index contributed by atoms with van der Waals surface area (Å²) < 4.78 is 41.1. The zero-order chi connectivity index (χ0) is 14.5. The molecule has 1 rings (SSSR count). The number of methoxy groups -OCH3 is 1. The normalized spacial score (nSPS) is 24.1. The van der Waals surface area contributed by atoms with Gasteiger partial charge in [-0.15, -0.1) is 12.4 Å². The van der Waals surface area contributed by atoms with E-state index in [1.807, 2.05) is 5.32 Å². The first-order valence-corrected chi connectivity index (χ1v) is 6.16. The molecule has 1 fully saturated rings. The fourth-order valence-electron chi connectivity index (χ4n) is 2.17. The zero-order valence-corrected chi connectivity index (χ0v) is 12.1. The van der Waals surface area contributed by atoms with E-state index in [2.05, 4.69) is 0 Å². The van der Waals surface area contributed by atoms with E-state index in [-0.39, 0.29) is 31.1 Å². The molecule has 5 nitrogen and oxygen atoms in total. The molecule has 120 valence electrons. The van der Waals surface area contributed by atoms with Crippen molar-refractivity contribution in [2.24, 2.45) is 5.73 Å². The van der Waals surface area contributed by atoms with Crippen molar-refractivity contribution in [2.75, 3.05) is 33.3 Å². The Balaban J connectivity index is 0.00000361. The molecular formula is C11H21ClF3N3O2. The molecule has 0 aliphatic carbocycles. The van der Waals surface area contributed by atoms with Crippen molar-refractivity contribution in [2.45, 2.75) is 31.2 Å². The van der Waals surface area contributed by atoms with Crippen molar-refractivity contribution in [1.29, 1.82) is 0 Å². The molecule has 20 heavy (non-hydrogen) atoms. The lowest BCUT2D eigenvalue weighted by Crippen LogP contribution is -2.52. The molecule has 1 saturated heterocycles. The van der Waals surface area contributed by atoms with Crippen molar-refractivity contribution in [3.63, 3.8) is 0 Å². The largest absolute Gasteiger partial charge is 0.405 e. The summed E-state index contributed by atoms with van der Waals surface area (Å²) in [5.74, 6) is -0.633. The maximum atomic E-state index is 12.0. The molecule has 3 N–H and O–H groups in total. The topological polar surface area (TPSA) is 67.6 Å². The molecule has 0 saturated carbocycles. The number of halogens is 4. The highest BCUT2D eigenvalue weighted by Gasteiger charge is 2.31. The summed E-state index contributed by atoms with van der Waals surface area (Å²) in [6.07, 6.45) is -2.84. The molecule has 9 heteroatoms. The van der Waals surface area contributed by atoms with Crippen LogP contribution in [0.15, 0.2) is 0 Å². The van der Waals surface area contributed by atoms with Crippen LogP contribution in [-0.4, -0.2) is 62.4 Å². The molecule has 2 atom stereocenters. The van der Waals surface area contributed by atoms with E-state index in [1.54, 1.807) is 12.0 Å². The fourth-order valence-corrected chi connectivity index (χ4v) is 2.17. The standard InChI is InChI=1S/C11H20F3N3O2.ClH/c1-19-9-2-3-17(8(4-9)5-15)6-10(18)16-7-11(12,13)14;/h8-9H,2-7,15H2,1H3,(H,16,18);1H. The number of likely N-dealkylation sites (tertiary alicyclic amines) is 1. The lowest BCUT2D eigenvalue weighted by molar-refractivity contribution is -0.139. The van der Waals surface area contributed by atoms with Crippen LogP contribution < -0.4 is 11.1 Å². The minimum absolute atomic E-state index is 0. The van der Waals surface area contributed by atoms with Crippen molar-refractivity contribution in [3.05, 3.63) is 0 Å². The van der Waals surface area contributed by atoms with Gasteiger partial charge in [0.15, 0.2) is 0 Å². The Morgan fingerprint density at radius 2 is 2.15 bits per heavy atom. The lowest BCUT2D eigenvalue weighted by Gasteiger charge is -2.37. The number of nitrogens with two attached hydrogens (primary N) is 1. The lowest BCUT2D eigenvalue weighted by atomic mass is 9.99. The highest BCUT2D eigenvalue weighted by atomic mass is 35.5. The number of carbonyl (C=O) groups excluding carboxylic acids is 1. The highest BCUT2D eigenvalue weighted by Crippen LogP contribution is 2.18. The van der Waals surface area contributed by atoms with E-state index >= 15 is 0 Å². The van der Waals surface area contributed by atoms with E-state index in [0.29, 0.717) is 19.5 Å². The third-order valence-corrected chi connectivity index (χ3v) is 3.23. The number of amides is 1. The van der Waals surface area contributed by atoms with E-state index in [4.69, 9.17) is 10.5 Å². The van der Waals surface area contributed by atoms with Gasteiger partial charge in [0.2, 0.25) is 5.91 Å². The molecule has 0 spiro atoms. The third-order valence-electron chi connectivity index (χ3n) is 3.23. The van der Waals surface area contributed by atoms with E-state index in [1.165, 1.54) is 0 Å². The van der Waals surface area contributed by atoms with Gasteiger partial charge in [-0.05, 0) is 12.8 Å². The fraction of sp³-hybridized carbons (Fsp3) is 0.909. The summed E-state index contributed by atoms with van der Waals surface area (Å²) >= 11 is 0.